The second-order valence-corrected chi connectivity index (χ2v) is 1.96. The number of carbonyl (C=O) groups is 2. The molecule has 0 atom stereocenters. The number of carboxylic acid groups (broad SMARTS) is 2. The van der Waals surface area contributed by atoms with Crippen molar-refractivity contribution in [3.05, 3.63) is 0 Å². The van der Waals surface area contributed by atoms with Gasteiger partial charge >= 0.3 is 71.1 Å². The predicted octanol–water partition coefficient (Wildman–Crippen LogP) is -2.03. The number of rotatable bonds is 4. The molecule has 0 rings (SSSR count). The van der Waals surface area contributed by atoms with Crippen LogP contribution < -0.4 is 5.73 Å². The molecule has 62 valence electrons. The Labute approximate surface area is 114 Å². The molecule has 0 unspecified atom stereocenters. The fraction of sp³-hybridized carbons (Fsp3) is 0.600. The molecule has 0 fully saturated rings. The number of nitrogens with two attached hydrogens (primary N) is 1. The summed E-state index contributed by atoms with van der Waals surface area (Å²) in [6.07, 6.45) is -0.599. The first-order chi connectivity index (χ1) is 4.52. The van der Waals surface area contributed by atoms with Gasteiger partial charge in [0.15, 0.2) is 0 Å². The fourth-order valence-electron chi connectivity index (χ4n) is 0.521. The van der Waals surface area contributed by atoms with Crippen LogP contribution in [0.4, 0.5) is 0 Å². The number of hydrogen-bond acceptors (Lipinski definition) is 3. The van der Waals surface area contributed by atoms with Crippen molar-refractivity contribution in [2.24, 2.45) is 5.73 Å². The summed E-state index contributed by atoms with van der Waals surface area (Å²) in [6, 6.07) is -0.782. The van der Waals surface area contributed by atoms with Gasteiger partial charge in [0.2, 0.25) is 0 Å². The van der Waals surface area contributed by atoms with Crippen molar-refractivity contribution < 1.29 is 19.8 Å². The molecule has 0 aliphatic rings. The maximum absolute atomic E-state index is 9.92. The predicted molar refractivity (Wildman–Crippen MR) is 46.8 cm³/mol. The molecule has 0 radical (unpaired) electrons. The van der Waals surface area contributed by atoms with Crippen LogP contribution >= 0.6 is 0 Å². The fourth-order valence-corrected chi connectivity index (χ4v) is 0.521. The molecule has 0 amide bonds. The van der Waals surface area contributed by atoms with E-state index in [-0.39, 0.29) is 72.0 Å². The molecular formula is C5H11NNa2O4. The number of aliphatic carboxylic acids is 2. The Morgan fingerprint density at radius 3 is 1.50 bits per heavy atom. The standard InChI is InChI=1S/C5H9NO4.2Na.2H/c6-3(1-4(7)8)2-5(9)10;;;;/h3H,1-2,6H2,(H,7,8)(H,9,10);;;;. The summed E-state index contributed by atoms with van der Waals surface area (Å²) in [7, 11) is 0. The first-order valence-corrected chi connectivity index (χ1v) is 2.71. The topological polar surface area (TPSA) is 101 Å². The molecule has 0 aromatic heterocycles. The van der Waals surface area contributed by atoms with Gasteiger partial charge in [0.1, 0.15) is 0 Å². The van der Waals surface area contributed by atoms with E-state index in [1.165, 1.54) is 0 Å². The van der Waals surface area contributed by atoms with E-state index in [1.807, 2.05) is 0 Å². The van der Waals surface area contributed by atoms with Gasteiger partial charge in [0.05, 0.1) is 12.8 Å². The Morgan fingerprint density at radius 1 is 1.08 bits per heavy atom. The van der Waals surface area contributed by atoms with Gasteiger partial charge in [-0.15, -0.1) is 0 Å². The molecular weight excluding hydrogens is 184 g/mol. The molecule has 0 aliphatic carbocycles. The summed E-state index contributed by atoms with van der Waals surface area (Å²) in [4.78, 5) is 19.8. The van der Waals surface area contributed by atoms with Crippen LogP contribution in [0.25, 0.3) is 0 Å². The molecule has 0 heterocycles. The van der Waals surface area contributed by atoms with Gasteiger partial charge in [-0.1, -0.05) is 0 Å². The van der Waals surface area contributed by atoms with Crippen molar-refractivity contribution in [2.45, 2.75) is 18.9 Å². The Kier molecular flexibility index (Phi) is 15.5. The minimum absolute atomic E-state index is 0. The van der Waals surface area contributed by atoms with Gasteiger partial charge in [0, 0.05) is 6.04 Å². The van der Waals surface area contributed by atoms with Crippen LogP contribution in [0.2, 0.25) is 0 Å². The van der Waals surface area contributed by atoms with E-state index in [4.69, 9.17) is 15.9 Å². The quantitative estimate of drug-likeness (QED) is 0.449. The van der Waals surface area contributed by atoms with Gasteiger partial charge in [-0.3, -0.25) is 9.59 Å². The SMILES string of the molecule is NC(CC(=O)O)CC(=O)O.[NaH].[NaH]. The second-order valence-electron chi connectivity index (χ2n) is 1.96. The molecule has 4 N–H and O–H groups in total. The molecule has 0 spiro atoms. The van der Waals surface area contributed by atoms with Gasteiger partial charge in [-0.05, 0) is 0 Å². The Balaban J connectivity index is -0.000000405. The zero-order valence-electron chi connectivity index (χ0n) is 5.28. The van der Waals surface area contributed by atoms with Crippen LogP contribution in [0.1, 0.15) is 12.8 Å². The van der Waals surface area contributed by atoms with E-state index in [9.17, 15) is 9.59 Å². The first kappa shape index (κ1) is 18.6. The molecule has 12 heavy (non-hydrogen) atoms. The van der Waals surface area contributed by atoms with Crippen LogP contribution in [0.5, 0.6) is 0 Å². The van der Waals surface area contributed by atoms with Crippen molar-refractivity contribution >= 4 is 71.1 Å². The monoisotopic (exact) mass is 195 g/mol. The van der Waals surface area contributed by atoms with E-state index in [0.29, 0.717) is 0 Å². The van der Waals surface area contributed by atoms with Crippen molar-refractivity contribution in [1.29, 1.82) is 0 Å². The third-order valence-electron chi connectivity index (χ3n) is 0.874. The van der Waals surface area contributed by atoms with Crippen molar-refractivity contribution in [2.75, 3.05) is 0 Å². The zero-order valence-corrected chi connectivity index (χ0v) is 5.28. The maximum atomic E-state index is 9.92. The average Bonchev–Trinajstić information content (AvgIpc) is 1.58. The summed E-state index contributed by atoms with van der Waals surface area (Å²) in [5.41, 5.74) is 5.11. The van der Waals surface area contributed by atoms with Crippen LogP contribution in [0, 0.1) is 0 Å². The summed E-state index contributed by atoms with van der Waals surface area (Å²) in [5.74, 6) is -2.15. The summed E-state index contributed by atoms with van der Waals surface area (Å²) < 4.78 is 0. The zero-order chi connectivity index (χ0) is 8.15. The van der Waals surface area contributed by atoms with Crippen LogP contribution in [-0.4, -0.2) is 87.3 Å². The van der Waals surface area contributed by atoms with Gasteiger partial charge in [-0.25, -0.2) is 0 Å². The number of hydrogen-bond donors (Lipinski definition) is 3. The first-order valence-electron chi connectivity index (χ1n) is 2.71. The molecule has 0 aromatic rings. The van der Waals surface area contributed by atoms with Crippen LogP contribution in [0.15, 0.2) is 0 Å². The summed E-state index contributed by atoms with van der Waals surface area (Å²) in [6.45, 7) is 0. The number of carboxylic acids is 2. The summed E-state index contributed by atoms with van der Waals surface area (Å²) >= 11 is 0. The van der Waals surface area contributed by atoms with Gasteiger partial charge in [0.25, 0.3) is 0 Å². The molecule has 0 saturated carbocycles. The van der Waals surface area contributed by atoms with Gasteiger partial charge in [-0.2, -0.15) is 0 Å². The Bertz CT molecular complexity index is 136. The van der Waals surface area contributed by atoms with Crippen molar-refractivity contribution in [1.82, 2.24) is 0 Å². The molecule has 0 aromatic carbocycles. The second kappa shape index (κ2) is 9.98. The van der Waals surface area contributed by atoms with Crippen molar-refractivity contribution in [3.8, 4) is 0 Å². The molecule has 0 aliphatic heterocycles. The molecule has 7 heteroatoms. The van der Waals surface area contributed by atoms with Crippen molar-refractivity contribution in [3.63, 3.8) is 0 Å². The molecule has 5 nitrogen and oxygen atoms in total. The molecule has 0 saturated heterocycles. The third-order valence-corrected chi connectivity index (χ3v) is 0.874. The van der Waals surface area contributed by atoms with E-state index in [0.717, 1.165) is 0 Å². The Morgan fingerprint density at radius 2 is 1.33 bits per heavy atom. The van der Waals surface area contributed by atoms with Crippen LogP contribution in [-0.2, 0) is 9.59 Å². The van der Waals surface area contributed by atoms with E-state index in [1.54, 1.807) is 0 Å². The average molecular weight is 195 g/mol. The normalized spacial score (nSPS) is 8.17. The third kappa shape index (κ3) is 13.5. The van der Waals surface area contributed by atoms with Crippen LogP contribution in [0.3, 0.4) is 0 Å². The summed E-state index contributed by atoms with van der Waals surface area (Å²) in [5, 5.41) is 16.2. The van der Waals surface area contributed by atoms with E-state index in [2.05, 4.69) is 0 Å². The van der Waals surface area contributed by atoms with E-state index >= 15 is 0 Å². The van der Waals surface area contributed by atoms with Gasteiger partial charge < -0.3 is 15.9 Å². The molecule has 0 bridgehead atoms. The minimum atomic E-state index is -1.08. The Hall–Kier alpha value is 0.900. The van der Waals surface area contributed by atoms with E-state index < -0.39 is 18.0 Å².